The lowest BCUT2D eigenvalue weighted by atomic mass is 10.3. The first kappa shape index (κ1) is 19.0. The van der Waals surface area contributed by atoms with Gasteiger partial charge in [-0.05, 0) is 31.2 Å². The Kier molecular flexibility index (Phi) is 6.48. The lowest BCUT2D eigenvalue weighted by Crippen LogP contribution is -2.52. The van der Waals surface area contributed by atoms with Gasteiger partial charge in [0.25, 0.3) is 0 Å². The SMILES string of the molecule is CC(C(=O)N1CCN(CCOc2ccc(Cl)cc2)CC1)S(C)(=O)=O. The molecule has 1 saturated heterocycles. The van der Waals surface area contributed by atoms with E-state index in [1.807, 2.05) is 12.1 Å². The minimum atomic E-state index is -3.35. The summed E-state index contributed by atoms with van der Waals surface area (Å²) in [4.78, 5) is 16.0. The van der Waals surface area contributed by atoms with E-state index >= 15 is 0 Å². The first-order valence-corrected chi connectivity index (χ1v) is 10.2. The maximum absolute atomic E-state index is 12.2. The number of halogens is 1. The first-order chi connectivity index (χ1) is 11.3. The van der Waals surface area contributed by atoms with E-state index in [0.29, 0.717) is 37.8 Å². The molecular formula is C16H23ClN2O4S. The summed E-state index contributed by atoms with van der Waals surface area (Å²) in [6.45, 7) is 5.27. The van der Waals surface area contributed by atoms with Gasteiger partial charge in [0.1, 0.15) is 17.6 Å². The smallest absolute Gasteiger partial charge is 0.240 e. The topological polar surface area (TPSA) is 66.9 Å². The molecule has 0 aromatic heterocycles. The monoisotopic (exact) mass is 374 g/mol. The van der Waals surface area contributed by atoms with Crippen LogP contribution in [0, 0.1) is 0 Å². The van der Waals surface area contributed by atoms with Crippen LogP contribution in [0.15, 0.2) is 24.3 Å². The molecule has 0 radical (unpaired) electrons. The quantitative estimate of drug-likeness (QED) is 0.750. The second-order valence-corrected chi connectivity index (χ2v) is 8.74. The number of piperazine rings is 1. The molecule has 1 aliphatic heterocycles. The Hall–Kier alpha value is -1.31. The van der Waals surface area contributed by atoms with E-state index in [0.717, 1.165) is 18.6 Å². The van der Waals surface area contributed by atoms with Crippen LogP contribution in [-0.4, -0.2) is 75.0 Å². The Morgan fingerprint density at radius 2 is 1.79 bits per heavy atom. The summed E-state index contributed by atoms with van der Waals surface area (Å²) >= 11 is 5.82. The highest BCUT2D eigenvalue weighted by atomic mass is 35.5. The molecule has 8 heteroatoms. The molecule has 0 aliphatic carbocycles. The van der Waals surface area contributed by atoms with Crippen molar-refractivity contribution in [3.63, 3.8) is 0 Å². The number of sulfone groups is 1. The number of benzene rings is 1. The first-order valence-electron chi connectivity index (χ1n) is 7.86. The van der Waals surface area contributed by atoms with Gasteiger partial charge in [-0.3, -0.25) is 9.69 Å². The molecule has 1 aromatic rings. The molecular weight excluding hydrogens is 352 g/mol. The zero-order valence-corrected chi connectivity index (χ0v) is 15.5. The lowest BCUT2D eigenvalue weighted by molar-refractivity contribution is -0.132. The van der Waals surface area contributed by atoms with Crippen molar-refractivity contribution in [3.05, 3.63) is 29.3 Å². The van der Waals surface area contributed by atoms with E-state index in [1.165, 1.54) is 6.92 Å². The average Bonchev–Trinajstić information content (AvgIpc) is 2.55. The normalized spacial score (nSPS) is 17.5. The maximum Gasteiger partial charge on any atom is 0.240 e. The third-order valence-corrected chi connectivity index (χ3v) is 5.90. The van der Waals surface area contributed by atoms with Crippen molar-refractivity contribution in [2.24, 2.45) is 0 Å². The average molecular weight is 375 g/mol. The molecule has 1 fully saturated rings. The van der Waals surface area contributed by atoms with E-state index in [-0.39, 0.29) is 5.91 Å². The van der Waals surface area contributed by atoms with Crippen molar-refractivity contribution in [2.75, 3.05) is 45.6 Å². The Labute approximate surface area is 148 Å². The number of carbonyl (C=O) groups is 1. The number of hydrogen-bond acceptors (Lipinski definition) is 5. The van der Waals surface area contributed by atoms with Crippen LogP contribution in [-0.2, 0) is 14.6 Å². The van der Waals surface area contributed by atoms with Gasteiger partial charge in [-0.2, -0.15) is 0 Å². The minimum absolute atomic E-state index is 0.311. The van der Waals surface area contributed by atoms with Crippen LogP contribution >= 0.6 is 11.6 Å². The molecule has 1 atom stereocenters. The van der Waals surface area contributed by atoms with Gasteiger partial charge in [-0.1, -0.05) is 11.6 Å². The molecule has 0 N–H and O–H groups in total. The van der Waals surface area contributed by atoms with Gasteiger partial charge >= 0.3 is 0 Å². The van der Waals surface area contributed by atoms with Crippen molar-refractivity contribution in [3.8, 4) is 5.75 Å². The van der Waals surface area contributed by atoms with E-state index in [9.17, 15) is 13.2 Å². The van der Waals surface area contributed by atoms with Crippen molar-refractivity contribution < 1.29 is 17.9 Å². The van der Waals surface area contributed by atoms with Gasteiger partial charge in [-0.25, -0.2) is 8.42 Å². The fourth-order valence-corrected chi connectivity index (χ4v) is 3.10. The molecule has 0 saturated carbocycles. The molecule has 6 nitrogen and oxygen atoms in total. The van der Waals surface area contributed by atoms with Gasteiger partial charge in [-0.15, -0.1) is 0 Å². The summed E-state index contributed by atoms with van der Waals surface area (Å²) in [6.07, 6.45) is 1.10. The van der Waals surface area contributed by atoms with Gasteiger partial charge in [0.15, 0.2) is 9.84 Å². The molecule has 1 amide bonds. The number of nitrogens with zero attached hydrogens (tertiary/aromatic N) is 2. The zero-order valence-electron chi connectivity index (χ0n) is 13.9. The predicted molar refractivity (Wildman–Crippen MR) is 94.3 cm³/mol. The number of amides is 1. The third-order valence-electron chi connectivity index (χ3n) is 4.16. The highest BCUT2D eigenvalue weighted by Crippen LogP contribution is 2.15. The van der Waals surface area contributed by atoms with Crippen molar-refractivity contribution in [1.29, 1.82) is 0 Å². The Morgan fingerprint density at radius 3 is 2.33 bits per heavy atom. The fourth-order valence-electron chi connectivity index (χ4n) is 2.46. The van der Waals surface area contributed by atoms with E-state index in [1.54, 1.807) is 17.0 Å². The van der Waals surface area contributed by atoms with E-state index < -0.39 is 15.1 Å². The Bertz CT molecular complexity index is 655. The predicted octanol–water partition coefficient (Wildman–Crippen LogP) is 1.30. The van der Waals surface area contributed by atoms with Crippen LogP contribution in [0.25, 0.3) is 0 Å². The lowest BCUT2D eigenvalue weighted by Gasteiger charge is -2.35. The van der Waals surface area contributed by atoms with Crippen LogP contribution < -0.4 is 4.74 Å². The van der Waals surface area contributed by atoms with Crippen LogP contribution in [0.5, 0.6) is 5.75 Å². The summed E-state index contributed by atoms with van der Waals surface area (Å²) in [5.41, 5.74) is 0. The standard InChI is InChI=1S/C16H23ClN2O4S/c1-13(24(2,21)22)16(20)19-9-7-18(8-10-19)11-12-23-15-5-3-14(17)4-6-15/h3-6,13H,7-12H2,1-2H3. The minimum Gasteiger partial charge on any atom is -0.492 e. The van der Waals surface area contributed by atoms with Gasteiger partial charge in [0.05, 0.1) is 0 Å². The third kappa shape index (κ3) is 5.36. The number of hydrogen-bond donors (Lipinski definition) is 0. The zero-order chi connectivity index (χ0) is 17.7. The van der Waals surface area contributed by atoms with Gasteiger partial charge < -0.3 is 9.64 Å². The van der Waals surface area contributed by atoms with Crippen LogP contribution in [0.1, 0.15) is 6.92 Å². The van der Waals surface area contributed by atoms with E-state index in [2.05, 4.69) is 4.90 Å². The summed E-state index contributed by atoms with van der Waals surface area (Å²) in [5.74, 6) is 0.463. The largest absolute Gasteiger partial charge is 0.492 e. The number of rotatable bonds is 6. The maximum atomic E-state index is 12.2. The summed E-state index contributed by atoms with van der Waals surface area (Å²) < 4.78 is 28.6. The molecule has 0 bridgehead atoms. The van der Waals surface area contributed by atoms with Gasteiger partial charge in [0.2, 0.25) is 5.91 Å². The molecule has 134 valence electrons. The summed E-state index contributed by atoms with van der Waals surface area (Å²) in [6, 6.07) is 7.21. The molecule has 0 spiro atoms. The van der Waals surface area contributed by atoms with Crippen molar-refractivity contribution in [1.82, 2.24) is 9.80 Å². The summed E-state index contributed by atoms with van der Waals surface area (Å²) in [5, 5.41) is -0.302. The molecule has 1 aromatic carbocycles. The number of ether oxygens (including phenoxy) is 1. The summed E-state index contributed by atoms with van der Waals surface area (Å²) in [7, 11) is -3.35. The second kappa shape index (κ2) is 8.18. The van der Waals surface area contributed by atoms with Crippen LogP contribution in [0.2, 0.25) is 5.02 Å². The van der Waals surface area contributed by atoms with Crippen molar-refractivity contribution in [2.45, 2.75) is 12.2 Å². The van der Waals surface area contributed by atoms with Gasteiger partial charge in [0, 0.05) is 44.0 Å². The van der Waals surface area contributed by atoms with E-state index in [4.69, 9.17) is 16.3 Å². The highest BCUT2D eigenvalue weighted by Gasteiger charge is 2.30. The fraction of sp³-hybridized carbons (Fsp3) is 0.562. The van der Waals surface area contributed by atoms with Crippen molar-refractivity contribution >= 4 is 27.3 Å². The van der Waals surface area contributed by atoms with Crippen LogP contribution in [0.4, 0.5) is 0 Å². The van der Waals surface area contributed by atoms with Crippen LogP contribution in [0.3, 0.4) is 0 Å². The molecule has 1 unspecified atom stereocenters. The Morgan fingerprint density at radius 1 is 1.21 bits per heavy atom. The molecule has 1 heterocycles. The molecule has 1 aliphatic rings. The Balaban J connectivity index is 1.73. The number of carbonyl (C=O) groups excluding carboxylic acids is 1. The highest BCUT2D eigenvalue weighted by molar-refractivity contribution is 7.92. The second-order valence-electron chi connectivity index (χ2n) is 5.94. The molecule has 24 heavy (non-hydrogen) atoms. The molecule has 2 rings (SSSR count).